The van der Waals surface area contributed by atoms with Gasteiger partial charge in [0.1, 0.15) is 11.4 Å². The molecule has 3 rings (SSSR count). The number of halogens is 1. The standard InChI is InChI=1S/C14H11BrN2O/c15-11-5-6-14-16-12(9-17(14)8-11)7-10-3-1-2-4-13(10)18/h1-6,8-9,18H,7H2. The molecule has 3 nitrogen and oxygen atoms in total. The first-order chi connectivity index (χ1) is 8.72. The Kier molecular flexibility index (Phi) is 2.80. The second kappa shape index (κ2) is 4.46. The predicted molar refractivity (Wildman–Crippen MR) is 73.8 cm³/mol. The lowest BCUT2D eigenvalue weighted by Gasteiger charge is -2.00. The molecule has 0 aliphatic heterocycles. The third-order valence-electron chi connectivity index (χ3n) is 2.83. The molecule has 0 spiro atoms. The summed E-state index contributed by atoms with van der Waals surface area (Å²) in [6, 6.07) is 11.3. The van der Waals surface area contributed by atoms with Gasteiger partial charge >= 0.3 is 0 Å². The number of phenols is 1. The van der Waals surface area contributed by atoms with Gasteiger partial charge < -0.3 is 9.51 Å². The largest absolute Gasteiger partial charge is 0.508 e. The molecule has 0 aliphatic rings. The van der Waals surface area contributed by atoms with Crippen molar-refractivity contribution >= 4 is 21.6 Å². The molecule has 0 aliphatic carbocycles. The monoisotopic (exact) mass is 302 g/mol. The summed E-state index contributed by atoms with van der Waals surface area (Å²) in [4.78, 5) is 4.52. The van der Waals surface area contributed by atoms with Crippen molar-refractivity contribution in [1.82, 2.24) is 9.38 Å². The van der Waals surface area contributed by atoms with Crippen molar-refractivity contribution in [1.29, 1.82) is 0 Å². The number of fused-ring (bicyclic) bond motifs is 1. The molecule has 1 N–H and O–H groups in total. The van der Waals surface area contributed by atoms with E-state index in [1.165, 1.54) is 0 Å². The Labute approximate surface area is 113 Å². The smallest absolute Gasteiger partial charge is 0.137 e. The number of para-hydroxylation sites is 1. The number of pyridine rings is 1. The molecule has 0 saturated carbocycles. The number of nitrogens with zero attached hydrogens (tertiary/aromatic N) is 2. The Balaban J connectivity index is 1.98. The lowest BCUT2D eigenvalue weighted by molar-refractivity contribution is 0.469. The van der Waals surface area contributed by atoms with E-state index in [1.54, 1.807) is 6.07 Å². The summed E-state index contributed by atoms with van der Waals surface area (Å²) in [6.45, 7) is 0. The number of phenolic OH excluding ortho intramolecular Hbond substituents is 1. The molecular weight excluding hydrogens is 292 g/mol. The van der Waals surface area contributed by atoms with Gasteiger partial charge in [0.25, 0.3) is 0 Å². The Morgan fingerprint density at radius 2 is 1.94 bits per heavy atom. The number of aromatic hydroxyl groups is 1. The highest BCUT2D eigenvalue weighted by molar-refractivity contribution is 9.10. The van der Waals surface area contributed by atoms with Crippen LogP contribution in [0, 0.1) is 0 Å². The second-order valence-corrected chi connectivity index (χ2v) is 5.07. The van der Waals surface area contributed by atoms with Crippen molar-refractivity contribution in [2.24, 2.45) is 0 Å². The van der Waals surface area contributed by atoms with Crippen molar-refractivity contribution in [3.05, 3.63) is 64.5 Å². The highest BCUT2D eigenvalue weighted by Gasteiger charge is 2.05. The molecule has 2 aromatic heterocycles. The molecule has 18 heavy (non-hydrogen) atoms. The summed E-state index contributed by atoms with van der Waals surface area (Å²) in [7, 11) is 0. The van der Waals surface area contributed by atoms with E-state index < -0.39 is 0 Å². The first-order valence-electron chi connectivity index (χ1n) is 5.62. The Morgan fingerprint density at radius 3 is 2.78 bits per heavy atom. The summed E-state index contributed by atoms with van der Waals surface area (Å²) in [5, 5.41) is 9.75. The molecule has 3 aromatic rings. The maximum absolute atomic E-state index is 9.75. The first kappa shape index (κ1) is 11.3. The fourth-order valence-corrected chi connectivity index (χ4v) is 2.31. The summed E-state index contributed by atoms with van der Waals surface area (Å²) in [5.74, 6) is 0.315. The van der Waals surface area contributed by atoms with Crippen molar-refractivity contribution < 1.29 is 5.11 Å². The van der Waals surface area contributed by atoms with Gasteiger partial charge in [0.15, 0.2) is 0 Å². The van der Waals surface area contributed by atoms with E-state index >= 15 is 0 Å². The summed E-state index contributed by atoms with van der Waals surface area (Å²) < 4.78 is 2.99. The lowest BCUT2D eigenvalue weighted by Crippen LogP contribution is -1.88. The third-order valence-corrected chi connectivity index (χ3v) is 3.30. The van der Waals surface area contributed by atoms with Crippen LogP contribution in [-0.2, 0) is 6.42 Å². The van der Waals surface area contributed by atoms with Crippen LogP contribution in [0.15, 0.2) is 53.3 Å². The van der Waals surface area contributed by atoms with E-state index in [0.29, 0.717) is 12.2 Å². The van der Waals surface area contributed by atoms with Crippen LogP contribution in [-0.4, -0.2) is 14.5 Å². The SMILES string of the molecule is Oc1ccccc1Cc1cn2cc(Br)ccc2n1. The summed E-state index contributed by atoms with van der Waals surface area (Å²) in [6.07, 6.45) is 4.58. The topological polar surface area (TPSA) is 37.5 Å². The predicted octanol–water partition coefficient (Wildman–Crippen LogP) is 3.39. The maximum atomic E-state index is 9.75. The van der Waals surface area contributed by atoms with E-state index in [4.69, 9.17) is 0 Å². The van der Waals surface area contributed by atoms with E-state index in [1.807, 2.05) is 47.1 Å². The fraction of sp³-hybridized carbons (Fsp3) is 0.0714. The Bertz CT molecular complexity index is 706. The molecule has 90 valence electrons. The van der Waals surface area contributed by atoms with Gasteiger partial charge in [-0.15, -0.1) is 0 Å². The number of hydrogen-bond donors (Lipinski definition) is 1. The van der Waals surface area contributed by atoms with Gasteiger partial charge in [0.2, 0.25) is 0 Å². The van der Waals surface area contributed by atoms with Crippen molar-refractivity contribution in [3.63, 3.8) is 0 Å². The zero-order valence-corrected chi connectivity index (χ0v) is 11.1. The molecular formula is C14H11BrN2O. The molecule has 0 atom stereocenters. The Morgan fingerprint density at radius 1 is 1.11 bits per heavy atom. The van der Waals surface area contributed by atoms with Crippen molar-refractivity contribution in [2.45, 2.75) is 6.42 Å². The Hall–Kier alpha value is -1.81. The van der Waals surface area contributed by atoms with E-state index in [-0.39, 0.29) is 0 Å². The zero-order valence-electron chi connectivity index (χ0n) is 9.55. The van der Waals surface area contributed by atoms with Crippen LogP contribution in [0.4, 0.5) is 0 Å². The lowest BCUT2D eigenvalue weighted by atomic mass is 10.1. The zero-order chi connectivity index (χ0) is 12.5. The first-order valence-corrected chi connectivity index (χ1v) is 6.42. The van der Waals surface area contributed by atoms with Crippen molar-refractivity contribution in [3.8, 4) is 5.75 Å². The molecule has 0 unspecified atom stereocenters. The van der Waals surface area contributed by atoms with E-state index in [9.17, 15) is 5.11 Å². The van der Waals surface area contributed by atoms with Crippen LogP contribution in [0.25, 0.3) is 5.65 Å². The highest BCUT2D eigenvalue weighted by Crippen LogP contribution is 2.20. The summed E-state index contributed by atoms with van der Waals surface area (Å²) in [5.41, 5.74) is 2.73. The molecule has 0 radical (unpaired) electrons. The number of rotatable bonds is 2. The van der Waals surface area contributed by atoms with Crippen LogP contribution in [0.5, 0.6) is 5.75 Å². The number of hydrogen-bond acceptors (Lipinski definition) is 2. The molecule has 0 amide bonds. The summed E-state index contributed by atoms with van der Waals surface area (Å²) >= 11 is 3.43. The average molecular weight is 303 g/mol. The molecule has 0 saturated heterocycles. The number of imidazole rings is 1. The van der Waals surface area contributed by atoms with Gasteiger partial charge in [-0.05, 0) is 39.7 Å². The minimum absolute atomic E-state index is 0.315. The minimum atomic E-state index is 0.315. The van der Waals surface area contributed by atoms with Gasteiger partial charge in [-0.2, -0.15) is 0 Å². The van der Waals surface area contributed by atoms with Gasteiger partial charge in [0, 0.05) is 23.3 Å². The van der Waals surface area contributed by atoms with Crippen LogP contribution < -0.4 is 0 Å². The molecule has 0 fully saturated rings. The minimum Gasteiger partial charge on any atom is -0.508 e. The third kappa shape index (κ3) is 2.11. The van der Waals surface area contributed by atoms with Crippen LogP contribution in [0.1, 0.15) is 11.3 Å². The van der Waals surface area contributed by atoms with E-state index in [2.05, 4.69) is 20.9 Å². The highest BCUT2D eigenvalue weighted by atomic mass is 79.9. The fourth-order valence-electron chi connectivity index (χ4n) is 1.96. The van der Waals surface area contributed by atoms with Crippen molar-refractivity contribution in [2.75, 3.05) is 0 Å². The second-order valence-electron chi connectivity index (χ2n) is 4.15. The molecule has 2 heterocycles. The number of aromatic nitrogens is 2. The molecule has 1 aromatic carbocycles. The van der Waals surface area contributed by atoms with Gasteiger partial charge in [-0.1, -0.05) is 18.2 Å². The van der Waals surface area contributed by atoms with Gasteiger partial charge in [-0.25, -0.2) is 4.98 Å². The average Bonchev–Trinajstić information content (AvgIpc) is 2.73. The van der Waals surface area contributed by atoms with Crippen LogP contribution in [0.2, 0.25) is 0 Å². The van der Waals surface area contributed by atoms with Gasteiger partial charge in [-0.3, -0.25) is 0 Å². The van der Waals surface area contributed by atoms with Crippen LogP contribution >= 0.6 is 15.9 Å². The number of benzene rings is 1. The van der Waals surface area contributed by atoms with E-state index in [0.717, 1.165) is 21.4 Å². The maximum Gasteiger partial charge on any atom is 0.137 e. The molecule has 4 heteroatoms. The normalized spacial score (nSPS) is 10.9. The molecule has 0 bridgehead atoms. The quantitative estimate of drug-likeness (QED) is 0.788. The van der Waals surface area contributed by atoms with Crippen LogP contribution in [0.3, 0.4) is 0 Å². The van der Waals surface area contributed by atoms with Gasteiger partial charge in [0.05, 0.1) is 5.69 Å².